The number of alkyl halides is 3. The van der Waals surface area contributed by atoms with E-state index in [-0.39, 0.29) is 6.54 Å². The Hall–Kier alpha value is -0.350. The van der Waals surface area contributed by atoms with Crippen LogP contribution in [0.15, 0.2) is 22.7 Å². The van der Waals surface area contributed by atoms with Crippen molar-refractivity contribution in [3.63, 3.8) is 0 Å². The van der Waals surface area contributed by atoms with Gasteiger partial charge in [-0.25, -0.2) is 8.78 Å². The van der Waals surface area contributed by atoms with Crippen molar-refractivity contribution in [1.82, 2.24) is 0 Å². The number of halogens is 4. The third-order valence-electron chi connectivity index (χ3n) is 2.01. The molecule has 0 radical (unpaired) electrons. The van der Waals surface area contributed by atoms with E-state index in [9.17, 15) is 8.78 Å². The highest BCUT2D eigenvalue weighted by Crippen LogP contribution is 2.26. The van der Waals surface area contributed by atoms with Gasteiger partial charge in [-0.3, -0.25) is 0 Å². The van der Waals surface area contributed by atoms with Gasteiger partial charge in [-0.05, 0) is 17.7 Å². The number of nitrogens with zero attached hydrogens (tertiary/aromatic N) is 1. The average molecular weight is 299 g/mol. The maximum atomic E-state index is 12.2. The molecular formula is C10H11BrClF2N. The molecule has 0 saturated carbocycles. The quantitative estimate of drug-likeness (QED) is 0.762. The molecule has 0 aliphatic rings. The van der Waals surface area contributed by atoms with Gasteiger partial charge < -0.3 is 4.90 Å². The van der Waals surface area contributed by atoms with Gasteiger partial charge in [-0.1, -0.05) is 22.0 Å². The number of hydrogen-bond acceptors (Lipinski definition) is 1. The van der Waals surface area contributed by atoms with E-state index in [1.807, 2.05) is 12.1 Å². The van der Waals surface area contributed by atoms with E-state index in [1.54, 1.807) is 13.1 Å². The van der Waals surface area contributed by atoms with Crippen LogP contribution in [0.2, 0.25) is 0 Å². The molecule has 5 heteroatoms. The van der Waals surface area contributed by atoms with Crippen molar-refractivity contribution >= 4 is 33.2 Å². The smallest absolute Gasteiger partial charge is 0.255 e. The summed E-state index contributed by atoms with van der Waals surface area (Å²) in [6, 6.07) is 5.46. The van der Waals surface area contributed by atoms with Gasteiger partial charge in [0.1, 0.15) is 0 Å². The second-order valence-electron chi connectivity index (χ2n) is 3.18. The van der Waals surface area contributed by atoms with Crippen LogP contribution in [0.25, 0.3) is 0 Å². The standard InChI is InChI=1S/C10H11BrClF2N/c1-15(6-10(13)14)9-4-8(11)3-2-7(9)5-12/h2-4,10H,5-6H2,1H3. The SMILES string of the molecule is CN(CC(F)F)c1cc(Br)ccc1CCl. The van der Waals surface area contributed by atoms with Crippen molar-refractivity contribution in [2.24, 2.45) is 0 Å². The first kappa shape index (κ1) is 12.7. The molecule has 0 aromatic heterocycles. The summed E-state index contributed by atoms with van der Waals surface area (Å²) in [5.74, 6) is 0.316. The second kappa shape index (κ2) is 5.66. The normalized spacial score (nSPS) is 10.8. The van der Waals surface area contributed by atoms with Crippen LogP contribution in [-0.4, -0.2) is 20.0 Å². The minimum absolute atomic E-state index is 0.291. The van der Waals surface area contributed by atoms with Crippen LogP contribution in [0.4, 0.5) is 14.5 Å². The van der Waals surface area contributed by atoms with Crippen molar-refractivity contribution in [2.75, 3.05) is 18.5 Å². The van der Waals surface area contributed by atoms with Gasteiger partial charge in [0, 0.05) is 23.1 Å². The number of hydrogen-bond donors (Lipinski definition) is 0. The zero-order valence-electron chi connectivity index (χ0n) is 8.18. The predicted octanol–water partition coefficient (Wildman–Crippen LogP) is 3.89. The molecule has 1 nitrogen and oxygen atoms in total. The first-order chi connectivity index (χ1) is 7.04. The first-order valence-electron chi connectivity index (χ1n) is 4.38. The Labute approximate surface area is 101 Å². The molecular weight excluding hydrogens is 287 g/mol. The Morgan fingerprint density at radius 2 is 2.13 bits per heavy atom. The summed E-state index contributed by atoms with van der Waals surface area (Å²) in [5.41, 5.74) is 1.59. The van der Waals surface area contributed by atoms with Crippen molar-refractivity contribution in [1.29, 1.82) is 0 Å². The average Bonchev–Trinajstić information content (AvgIpc) is 2.16. The van der Waals surface area contributed by atoms with Gasteiger partial charge in [-0.15, -0.1) is 11.6 Å². The number of benzene rings is 1. The summed E-state index contributed by atoms with van der Waals surface area (Å²) in [7, 11) is 1.63. The summed E-state index contributed by atoms with van der Waals surface area (Å²) in [5, 5.41) is 0. The van der Waals surface area contributed by atoms with Crippen LogP contribution in [0.5, 0.6) is 0 Å². The summed E-state index contributed by atoms with van der Waals surface area (Å²) in [6.07, 6.45) is -2.35. The number of rotatable bonds is 4. The van der Waals surface area contributed by atoms with E-state index in [0.717, 1.165) is 15.7 Å². The van der Waals surface area contributed by atoms with Gasteiger partial charge in [0.05, 0.1) is 6.54 Å². The molecule has 0 aliphatic carbocycles. The lowest BCUT2D eigenvalue weighted by Gasteiger charge is -2.21. The molecule has 1 rings (SSSR count). The van der Waals surface area contributed by atoms with Gasteiger partial charge in [0.25, 0.3) is 6.43 Å². The highest BCUT2D eigenvalue weighted by molar-refractivity contribution is 9.10. The topological polar surface area (TPSA) is 3.24 Å². The molecule has 15 heavy (non-hydrogen) atoms. The minimum atomic E-state index is -2.35. The van der Waals surface area contributed by atoms with E-state index < -0.39 is 6.43 Å². The van der Waals surface area contributed by atoms with Gasteiger partial charge in [0.15, 0.2) is 0 Å². The highest BCUT2D eigenvalue weighted by Gasteiger charge is 2.12. The molecule has 0 aliphatic heterocycles. The largest absolute Gasteiger partial charge is 0.369 e. The Kier molecular flexibility index (Phi) is 4.80. The van der Waals surface area contributed by atoms with E-state index >= 15 is 0 Å². The van der Waals surface area contributed by atoms with Gasteiger partial charge in [-0.2, -0.15) is 0 Å². The third kappa shape index (κ3) is 3.61. The zero-order valence-corrected chi connectivity index (χ0v) is 10.5. The van der Waals surface area contributed by atoms with Crippen molar-refractivity contribution < 1.29 is 8.78 Å². The zero-order chi connectivity index (χ0) is 11.4. The molecule has 0 bridgehead atoms. The summed E-state index contributed by atoms with van der Waals surface area (Å²) in [4.78, 5) is 1.51. The van der Waals surface area contributed by atoms with Gasteiger partial charge in [0.2, 0.25) is 0 Å². The second-order valence-corrected chi connectivity index (χ2v) is 4.36. The fraction of sp³-hybridized carbons (Fsp3) is 0.400. The lowest BCUT2D eigenvalue weighted by molar-refractivity contribution is 0.156. The molecule has 1 aromatic carbocycles. The summed E-state index contributed by atoms with van der Waals surface area (Å²) >= 11 is 9.04. The van der Waals surface area contributed by atoms with Crippen LogP contribution in [0, 0.1) is 0 Å². The maximum Gasteiger partial charge on any atom is 0.255 e. The Balaban J connectivity index is 2.94. The minimum Gasteiger partial charge on any atom is -0.369 e. The molecule has 0 saturated heterocycles. The molecule has 0 N–H and O–H groups in total. The molecule has 0 fully saturated rings. The molecule has 0 unspecified atom stereocenters. The Bertz CT molecular complexity index is 333. The van der Waals surface area contributed by atoms with Crippen LogP contribution in [0.3, 0.4) is 0 Å². The van der Waals surface area contributed by atoms with E-state index in [1.165, 1.54) is 4.90 Å². The van der Waals surface area contributed by atoms with E-state index in [4.69, 9.17) is 11.6 Å². The Morgan fingerprint density at radius 3 is 2.67 bits per heavy atom. The third-order valence-corrected chi connectivity index (χ3v) is 2.80. The Morgan fingerprint density at radius 1 is 1.47 bits per heavy atom. The monoisotopic (exact) mass is 297 g/mol. The van der Waals surface area contributed by atoms with Crippen molar-refractivity contribution in [3.05, 3.63) is 28.2 Å². The van der Waals surface area contributed by atoms with Crippen molar-refractivity contribution in [3.8, 4) is 0 Å². The first-order valence-corrected chi connectivity index (χ1v) is 5.71. The van der Waals surface area contributed by atoms with E-state index in [0.29, 0.717) is 5.88 Å². The van der Waals surface area contributed by atoms with E-state index in [2.05, 4.69) is 15.9 Å². The molecule has 0 spiro atoms. The molecule has 84 valence electrons. The van der Waals surface area contributed by atoms with Crippen LogP contribution in [0.1, 0.15) is 5.56 Å². The van der Waals surface area contributed by atoms with Crippen LogP contribution < -0.4 is 4.90 Å². The molecule has 0 amide bonds. The maximum absolute atomic E-state index is 12.2. The van der Waals surface area contributed by atoms with Crippen molar-refractivity contribution in [2.45, 2.75) is 12.3 Å². The molecule has 0 heterocycles. The molecule has 0 atom stereocenters. The fourth-order valence-corrected chi connectivity index (χ4v) is 1.89. The van der Waals surface area contributed by atoms with Crippen LogP contribution in [-0.2, 0) is 5.88 Å². The lowest BCUT2D eigenvalue weighted by Crippen LogP contribution is -2.24. The number of anilines is 1. The van der Waals surface area contributed by atoms with Crippen LogP contribution >= 0.6 is 27.5 Å². The summed E-state index contributed by atoms with van der Waals surface area (Å²) in [6.45, 7) is -0.291. The summed E-state index contributed by atoms with van der Waals surface area (Å²) < 4.78 is 25.3. The highest BCUT2D eigenvalue weighted by atomic mass is 79.9. The predicted molar refractivity (Wildman–Crippen MR) is 63.0 cm³/mol. The van der Waals surface area contributed by atoms with Gasteiger partial charge >= 0.3 is 0 Å². The fourth-order valence-electron chi connectivity index (χ4n) is 1.31. The lowest BCUT2D eigenvalue weighted by atomic mass is 10.2. The molecule has 1 aromatic rings.